The lowest BCUT2D eigenvalue weighted by Gasteiger charge is -2.34. The number of piperazine rings is 1. The molecule has 0 amide bonds. The van der Waals surface area contributed by atoms with Crippen LogP contribution in [0.15, 0.2) is 24.5 Å². The third kappa shape index (κ3) is 4.73. The molecule has 3 heterocycles. The van der Waals surface area contributed by atoms with Gasteiger partial charge in [-0.3, -0.25) is 4.98 Å². The first-order valence-corrected chi connectivity index (χ1v) is 9.95. The van der Waals surface area contributed by atoms with E-state index in [0.29, 0.717) is 19.7 Å². The van der Waals surface area contributed by atoms with E-state index in [1.807, 2.05) is 24.5 Å². The SMILES string of the molecule is O=S(=O)(CC1CCCO1)N1CCN(CCc2ccncc2)CC1. The minimum Gasteiger partial charge on any atom is -0.377 e. The molecule has 0 aromatic carbocycles. The van der Waals surface area contributed by atoms with Crippen molar-refractivity contribution in [1.29, 1.82) is 0 Å². The predicted molar refractivity (Wildman–Crippen MR) is 88.7 cm³/mol. The molecule has 0 spiro atoms. The van der Waals surface area contributed by atoms with E-state index in [2.05, 4.69) is 9.88 Å². The fraction of sp³-hybridized carbons (Fsp3) is 0.688. The van der Waals surface area contributed by atoms with Gasteiger partial charge in [-0.25, -0.2) is 8.42 Å². The summed E-state index contributed by atoms with van der Waals surface area (Å²) in [7, 11) is -3.18. The molecule has 3 rings (SSSR count). The van der Waals surface area contributed by atoms with Gasteiger partial charge in [0.05, 0.1) is 11.9 Å². The molecule has 6 nitrogen and oxygen atoms in total. The highest BCUT2D eigenvalue weighted by molar-refractivity contribution is 7.89. The van der Waals surface area contributed by atoms with Gasteiger partial charge in [-0.05, 0) is 37.0 Å². The van der Waals surface area contributed by atoms with Crippen LogP contribution in [0, 0.1) is 0 Å². The normalized spacial score (nSPS) is 24.1. The van der Waals surface area contributed by atoms with Crippen molar-refractivity contribution < 1.29 is 13.2 Å². The smallest absolute Gasteiger partial charge is 0.216 e. The third-order valence-electron chi connectivity index (χ3n) is 4.61. The van der Waals surface area contributed by atoms with E-state index in [1.54, 1.807) is 4.31 Å². The van der Waals surface area contributed by atoms with Crippen molar-refractivity contribution in [3.8, 4) is 0 Å². The van der Waals surface area contributed by atoms with Crippen molar-refractivity contribution in [1.82, 2.24) is 14.2 Å². The Morgan fingerprint density at radius 2 is 1.91 bits per heavy atom. The first kappa shape index (κ1) is 16.8. The third-order valence-corrected chi connectivity index (χ3v) is 6.56. The minimum absolute atomic E-state index is 0.107. The minimum atomic E-state index is -3.18. The second-order valence-electron chi connectivity index (χ2n) is 6.26. The number of sulfonamides is 1. The molecule has 0 bridgehead atoms. The summed E-state index contributed by atoms with van der Waals surface area (Å²) in [5, 5.41) is 0. The van der Waals surface area contributed by atoms with Crippen LogP contribution in [0.5, 0.6) is 0 Å². The molecule has 128 valence electrons. The number of pyridine rings is 1. The summed E-state index contributed by atoms with van der Waals surface area (Å²) in [6.45, 7) is 4.44. The monoisotopic (exact) mass is 339 g/mol. The first-order chi connectivity index (χ1) is 11.1. The summed E-state index contributed by atoms with van der Waals surface area (Å²) in [5.41, 5.74) is 1.27. The average molecular weight is 339 g/mol. The molecular formula is C16H25N3O3S. The van der Waals surface area contributed by atoms with Crippen LogP contribution < -0.4 is 0 Å². The van der Waals surface area contributed by atoms with Crippen LogP contribution >= 0.6 is 0 Å². The van der Waals surface area contributed by atoms with Gasteiger partial charge < -0.3 is 9.64 Å². The van der Waals surface area contributed by atoms with Gasteiger partial charge in [-0.2, -0.15) is 4.31 Å². The van der Waals surface area contributed by atoms with Gasteiger partial charge in [0.25, 0.3) is 0 Å². The lowest BCUT2D eigenvalue weighted by Crippen LogP contribution is -2.50. The predicted octanol–water partition coefficient (Wildman–Crippen LogP) is 0.751. The maximum absolute atomic E-state index is 12.4. The topological polar surface area (TPSA) is 62.7 Å². The Bertz CT molecular complexity index is 580. The Labute approximate surface area is 138 Å². The zero-order chi connectivity index (χ0) is 16.1. The first-order valence-electron chi connectivity index (χ1n) is 8.34. The summed E-state index contributed by atoms with van der Waals surface area (Å²) in [6.07, 6.45) is 6.33. The summed E-state index contributed by atoms with van der Waals surface area (Å²) >= 11 is 0. The molecule has 1 unspecified atom stereocenters. The fourth-order valence-electron chi connectivity index (χ4n) is 3.18. The Morgan fingerprint density at radius 3 is 2.57 bits per heavy atom. The molecule has 2 aliphatic rings. The van der Waals surface area contributed by atoms with Crippen LogP contribution in [0.3, 0.4) is 0 Å². The summed E-state index contributed by atoms with van der Waals surface area (Å²) in [6, 6.07) is 4.06. The van der Waals surface area contributed by atoms with E-state index in [4.69, 9.17) is 4.74 Å². The number of hydrogen-bond acceptors (Lipinski definition) is 5. The van der Waals surface area contributed by atoms with E-state index in [0.717, 1.165) is 38.9 Å². The molecule has 23 heavy (non-hydrogen) atoms. The Kier molecular flexibility index (Phi) is 5.63. The van der Waals surface area contributed by atoms with Gasteiger partial charge in [0, 0.05) is 51.7 Å². The van der Waals surface area contributed by atoms with Crippen molar-refractivity contribution in [2.75, 3.05) is 45.1 Å². The lowest BCUT2D eigenvalue weighted by molar-refractivity contribution is 0.125. The molecular weight excluding hydrogens is 314 g/mol. The van der Waals surface area contributed by atoms with Gasteiger partial charge >= 0.3 is 0 Å². The largest absolute Gasteiger partial charge is 0.377 e. The molecule has 2 aliphatic heterocycles. The van der Waals surface area contributed by atoms with Crippen LogP contribution in [-0.2, 0) is 21.2 Å². The van der Waals surface area contributed by atoms with Gasteiger partial charge in [-0.1, -0.05) is 0 Å². The number of nitrogens with zero attached hydrogens (tertiary/aromatic N) is 3. The molecule has 0 N–H and O–H groups in total. The quantitative estimate of drug-likeness (QED) is 0.765. The average Bonchev–Trinajstić information content (AvgIpc) is 3.06. The van der Waals surface area contributed by atoms with Gasteiger partial charge in [0.2, 0.25) is 10.0 Å². The zero-order valence-corrected chi connectivity index (χ0v) is 14.2. The van der Waals surface area contributed by atoms with Gasteiger partial charge in [0.15, 0.2) is 0 Å². The summed E-state index contributed by atoms with van der Waals surface area (Å²) in [4.78, 5) is 6.35. The highest BCUT2D eigenvalue weighted by atomic mass is 32.2. The Balaban J connectivity index is 1.44. The maximum atomic E-state index is 12.4. The molecule has 0 saturated carbocycles. The van der Waals surface area contributed by atoms with E-state index in [9.17, 15) is 8.42 Å². The van der Waals surface area contributed by atoms with Gasteiger partial charge in [-0.15, -0.1) is 0 Å². The van der Waals surface area contributed by atoms with Crippen LogP contribution in [0.4, 0.5) is 0 Å². The maximum Gasteiger partial charge on any atom is 0.216 e. The number of rotatable bonds is 6. The number of aromatic nitrogens is 1. The Hall–Kier alpha value is -1.02. The lowest BCUT2D eigenvalue weighted by atomic mass is 10.2. The van der Waals surface area contributed by atoms with Crippen LogP contribution in [-0.4, -0.2) is 73.8 Å². The molecule has 0 aliphatic carbocycles. The van der Waals surface area contributed by atoms with Crippen molar-refractivity contribution >= 4 is 10.0 Å². The standard InChI is InChI=1S/C16H25N3O3S/c20-23(21,14-16-2-1-13-22-16)19-11-9-18(10-12-19)8-5-15-3-6-17-7-4-15/h3-4,6-7,16H,1-2,5,8-14H2. The van der Waals surface area contributed by atoms with E-state index in [-0.39, 0.29) is 11.9 Å². The van der Waals surface area contributed by atoms with Crippen molar-refractivity contribution in [2.45, 2.75) is 25.4 Å². The highest BCUT2D eigenvalue weighted by Crippen LogP contribution is 2.17. The number of ether oxygens (including phenoxy) is 1. The van der Waals surface area contributed by atoms with Crippen LogP contribution in [0.2, 0.25) is 0 Å². The van der Waals surface area contributed by atoms with E-state index >= 15 is 0 Å². The molecule has 1 aromatic rings. The second kappa shape index (κ2) is 7.70. The van der Waals surface area contributed by atoms with Crippen molar-refractivity contribution in [2.24, 2.45) is 0 Å². The molecule has 1 atom stereocenters. The molecule has 0 radical (unpaired) electrons. The summed E-state index contributed by atoms with van der Waals surface area (Å²) < 4.78 is 32.0. The highest BCUT2D eigenvalue weighted by Gasteiger charge is 2.30. The Morgan fingerprint density at radius 1 is 1.17 bits per heavy atom. The molecule has 7 heteroatoms. The van der Waals surface area contributed by atoms with Crippen LogP contribution in [0.1, 0.15) is 18.4 Å². The van der Waals surface area contributed by atoms with Crippen molar-refractivity contribution in [3.63, 3.8) is 0 Å². The number of hydrogen-bond donors (Lipinski definition) is 0. The van der Waals surface area contributed by atoms with Gasteiger partial charge in [0.1, 0.15) is 0 Å². The molecule has 2 fully saturated rings. The summed E-state index contributed by atoms with van der Waals surface area (Å²) in [5.74, 6) is 0.143. The van der Waals surface area contributed by atoms with Crippen molar-refractivity contribution in [3.05, 3.63) is 30.1 Å². The second-order valence-corrected chi connectivity index (χ2v) is 8.27. The van der Waals surface area contributed by atoms with E-state index in [1.165, 1.54) is 5.56 Å². The fourth-order valence-corrected chi connectivity index (χ4v) is 4.85. The van der Waals surface area contributed by atoms with E-state index < -0.39 is 10.0 Å². The molecule has 1 aromatic heterocycles. The zero-order valence-electron chi connectivity index (χ0n) is 13.4. The molecule has 2 saturated heterocycles. The van der Waals surface area contributed by atoms with Crippen LogP contribution in [0.25, 0.3) is 0 Å².